The zero-order valence-electron chi connectivity index (χ0n) is 12.8. The van der Waals surface area contributed by atoms with Crippen molar-refractivity contribution in [3.05, 3.63) is 58.6 Å². The molecule has 0 spiro atoms. The largest absolute Gasteiger partial charge is 0.387 e. The van der Waals surface area contributed by atoms with Crippen LogP contribution in [0.15, 0.2) is 52.3 Å². The van der Waals surface area contributed by atoms with Crippen LogP contribution in [0.2, 0.25) is 5.02 Å². The quantitative estimate of drug-likeness (QED) is 0.764. The maximum atomic E-state index is 12.2. The summed E-state index contributed by atoms with van der Waals surface area (Å²) in [6.07, 6.45) is 1.05. The molecule has 23 heavy (non-hydrogen) atoms. The molecule has 2 aromatic carbocycles. The third-order valence-electron chi connectivity index (χ3n) is 3.42. The third kappa shape index (κ3) is 4.71. The highest BCUT2D eigenvalue weighted by molar-refractivity contribution is 7.98. The SMILES string of the molecule is CSc1ccc(C(O)CNS(=O)(=O)c2ccc(C)c(Cl)c2)cc1. The average molecular weight is 372 g/mol. The van der Waals surface area contributed by atoms with Gasteiger partial charge in [0.05, 0.1) is 11.0 Å². The molecule has 2 N–H and O–H groups in total. The van der Waals surface area contributed by atoms with Gasteiger partial charge in [0.2, 0.25) is 10.0 Å². The molecule has 124 valence electrons. The summed E-state index contributed by atoms with van der Waals surface area (Å²) in [7, 11) is -3.71. The highest BCUT2D eigenvalue weighted by atomic mass is 35.5. The predicted octanol–water partition coefficient (Wildman–Crippen LogP) is 3.38. The molecule has 4 nitrogen and oxygen atoms in total. The van der Waals surface area contributed by atoms with Crippen LogP contribution in [0.3, 0.4) is 0 Å². The Morgan fingerprint density at radius 1 is 1.22 bits per heavy atom. The lowest BCUT2D eigenvalue weighted by molar-refractivity contribution is 0.182. The van der Waals surface area contributed by atoms with Crippen molar-refractivity contribution in [2.24, 2.45) is 0 Å². The number of thioether (sulfide) groups is 1. The summed E-state index contributed by atoms with van der Waals surface area (Å²) in [5.74, 6) is 0. The minimum atomic E-state index is -3.71. The van der Waals surface area contributed by atoms with Gasteiger partial charge in [-0.2, -0.15) is 0 Å². The van der Waals surface area contributed by atoms with Crippen molar-refractivity contribution >= 4 is 33.4 Å². The Bertz CT molecular complexity index is 776. The van der Waals surface area contributed by atoms with E-state index in [4.69, 9.17) is 11.6 Å². The zero-order valence-corrected chi connectivity index (χ0v) is 15.2. The third-order valence-corrected chi connectivity index (χ3v) is 5.99. The molecule has 0 heterocycles. The smallest absolute Gasteiger partial charge is 0.240 e. The van der Waals surface area contributed by atoms with Crippen LogP contribution in [0.25, 0.3) is 0 Å². The van der Waals surface area contributed by atoms with Gasteiger partial charge in [0.25, 0.3) is 0 Å². The molecule has 2 aromatic rings. The van der Waals surface area contributed by atoms with E-state index < -0.39 is 16.1 Å². The summed E-state index contributed by atoms with van der Waals surface area (Å²) in [5.41, 5.74) is 1.46. The van der Waals surface area contributed by atoms with Crippen LogP contribution >= 0.6 is 23.4 Å². The van der Waals surface area contributed by atoms with Crippen molar-refractivity contribution < 1.29 is 13.5 Å². The van der Waals surface area contributed by atoms with Crippen molar-refractivity contribution in [1.29, 1.82) is 0 Å². The normalized spacial score (nSPS) is 13.0. The number of sulfonamides is 1. The van der Waals surface area contributed by atoms with Gasteiger partial charge in [-0.05, 0) is 48.6 Å². The molecule has 0 radical (unpaired) electrons. The molecule has 0 aromatic heterocycles. The van der Waals surface area contributed by atoms with Gasteiger partial charge in [-0.15, -0.1) is 11.8 Å². The van der Waals surface area contributed by atoms with E-state index in [1.54, 1.807) is 36.9 Å². The molecule has 0 aliphatic rings. The Morgan fingerprint density at radius 2 is 1.87 bits per heavy atom. The van der Waals surface area contributed by atoms with Crippen LogP contribution in [0, 0.1) is 6.92 Å². The number of aliphatic hydroxyl groups excluding tert-OH is 1. The summed E-state index contributed by atoms with van der Waals surface area (Å²) >= 11 is 7.56. The van der Waals surface area contributed by atoms with E-state index in [-0.39, 0.29) is 11.4 Å². The van der Waals surface area contributed by atoms with Gasteiger partial charge in [-0.25, -0.2) is 13.1 Å². The van der Waals surface area contributed by atoms with Gasteiger partial charge in [0.15, 0.2) is 0 Å². The Kier molecular flexibility index (Phi) is 6.11. The fourth-order valence-electron chi connectivity index (χ4n) is 1.96. The summed E-state index contributed by atoms with van der Waals surface area (Å²) in [6.45, 7) is 1.70. The number of hydrogen-bond donors (Lipinski definition) is 2. The Labute approximate surface area is 145 Å². The molecule has 1 atom stereocenters. The second-order valence-corrected chi connectivity index (χ2v) is 8.11. The Morgan fingerprint density at radius 3 is 2.43 bits per heavy atom. The van der Waals surface area contributed by atoms with Crippen molar-refractivity contribution in [3.8, 4) is 0 Å². The summed E-state index contributed by atoms with van der Waals surface area (Å²) in [6, 6.07) is 11.9. The molecule has 0 amide bonds. The molecule has 0 fully saturated rings. The first-order valence-electron chi connectivity index (χ1n) is 6.91. The van der Waals surface area contributed by atoms with E-state index in [0.29, 0.717) is 10.6 Å². The van der Waals surface area contributed by atoms with E-state index in [9.17, 15) is 13.5 Å². The molecule has 7 heteroatoms. The van der Waals surface area contributed by atoms with Crippen LogP contribution in [0.4, 0.5) is 0 Å². The minimum absolute atomic E-state index is 0.0815. The fourth-order valence-corrected chi connectivity index (χ4v) is 3.67. The first-order chi connectivity index (χ1) is 10.8. The molecule has 1 unspecified atom stereocenters. The molecule has 0 aliphatic heterocycles. The molecule has 0 saturated carbocycles. The first kappa shape index (κ1) is 18.3. The zero-order chi connectivity index (χ0) is 17.0. The average Bonchev–Trinajstić information content (AvgIpc) is 2.55. The summed E-state index contributed by atoms with van der Waals surface area (Å²) in [5, 5.41) is 10.5. The van der Waals surface area contributed by atoms with Crippen molar-refractivity contribution in [2.75, 3.05) is 12.8 Å². The molecular formula is C16H18ClNO3S2. The topological polar surface area (TPSA) is 66.4 Å². The van der Waals surface area contributed by atoms with Gasteiger partial charge >= 0.3 is 0 Å². The van der Waals surface area contributed by atoms with Crippen molar-refractivity contribution in [1.82, 2.24) is 4.72 Å². The van der Waals surface area contributed by atoms with Crippen LogP contribution in [-0.4, -0.2) is 26.3 Å². The molecule has 0 bridgehead atoms. The molecule has 0 aliphatic carbocycles. The van der Waals surface area contributed by atoms with Crippen LogP contribution in [-0.2, 0) is 10.0 Å². The van der Waals surface area contributed by atoms with E-state index in [0.717, 1.165) is 10.5 Å². The monoisotopic (exact) mass is 371 g/mol. The van der Waals surface area contributed by atoms with Gasteiger partial charge in [0.1, 0.15) is 0 Å². The lowest BCUT2D eigenvalue weighted by atomic mass is 10.1. The highest BCUT2D eigenvalue weighted by Gasteiger charge is 2.17. The minimum Gasteiger partial charge on any atom is -0.387 e. The standard InChI is InChI=1S/C16H18ClNO3S2/c1-11-3-8-14(9-15(11)17)23(20,21)18-10-16(19)12-4-6-13(22-2)7-5-12/h3-9,16,18-19H,10H2,1-2H3. The van der Waals surface area contributed by atoms with E-state index in [1.807, 2.05) is 18.4 Å². The molecular weight excluding hydrogens is 354 g/mol. The fraction of sp³-hybridized carbons (Fsp3) is 0.250. The van der Waals surface area contributed by atoms with E-state index in [1.165, 1.54) is 12.1 Å². The lowest BCUT2D eigenvalue weighted by Gasteiger charge is -2.13. The molecule has 2 rings (SSSR count). The number of nitrogens with one attached hydrogen (secondary N) is 1. The maximum Gasteiger partial charge on any atom is 0.240 e. The predicted molar refractivity (Wildman–Crippen MR) is 94.6 cm³/mol. The van der Waals surface area contributed by atoms with Crippen molar-refractivity contribution in [3.63, 3.8) is 0 Å². The Hall–Kier alpha value is -1.05. The van der Waals surface area contributed by atoms with Crippen molar-refractivity contribution in [2.45, 2.75) is 22.8 Å². The number of halogens is 1. The second kappa shape index (κ2) is 7.68. The maximum absolute atomic E-state index is 12.2. The van der Waals surface area contributed by atoms with E-state index >= 15 is 0 Å². The summed E-state index contributed by atoms with van der Waals surface area (Å²) in [4.78, 5) is 1.16. The van der Waals surface area contributed by atoms with Gasteiger partial charge in [0, 0.05) is 16.5 Å². The number of hydrogen-bond acceptors (Lipinski definition) is 4. The van der Waals surface area contributed by atoms with Crippen LogP contribution < -0.4 is 4.72 Å². The van der Waals surface area contributed by atoms with Crippen LogP contribution in [0.5, 0.6) is 0 Å². The Balaban J connectivity index is 2.06. The summed E-state index contributed by atoms with van der Waals surface area (Å²) < 4.78 is 26.9. The second-order valence-electron chi connectivity index (χ2n) is 5.05. The van der Waals surface area contributed by atoms with Gasteiger partial charge in [-0.1, -0.05) is 29.8 Å². The lowest BCUT2D eigenvalue weighted by Crippen LogP contribution is -2.28. The van der Waals surface area contributed by atoms with Gasteiger partial charge < -0.3 is 5.11 Å². The number of aryl methyl sites for hydroxylation is 1. The number of benzene rings is 2. The number of aliphatic hydroxyl groups is 1. The highest BCUT2D eigenvalue weighted by Crippen LogP contribution is 2.21. The van der Waals surface area contributed by atoms with Gasteiger partial charge in [-0.3, -0.25) is 0 Å². The van der Waals surface area contributed by atoms with Crippen LogP contribution in [0.1, 0.15) is 17.2 Å². The number of rotatable bonds is 6. The first-order valence-corrected chi connectivity index (χ1v) is 10.00. The van der Waals surface area contributed by atoms with E-state index in [2.05, 4.69) is 4.72 Å². The molecule has 0 saturated heterocycles.